The maximum Gasteiger partial charge on any atom is 0.0397 e. The van der Waals surface area contributed by atoms with Crippen molar-refractivity contribution in [3.05, 3.63) is 24.5 Å². The minimum absolute atomic E-state index is 0.796. The van der Waals surface area contributed by atoms with Crippen molar-refractivity contribution in [1.82, 2.24) is 9.88 Å². The quantitative estimate of drug-likeness (QED) is 0.842. The van der Waals surface area contributed by atoms with Gasteiger partial charge < -0.3 is 15.5 Å². The highest BCUT2D eigenvalue weighted by Crippen LogP contribution is 2.14. The second-order valence-corrected chi connectivity index (χ2v) is 4.53. The van der Waals surface area contributed by atoms with Crippen molar-refractivity contribution >= 4 is 5.69 Å². The fraction of sp³-hybridized carbons (Fsp3) is 0.615. The highest BCUT2D eigenvalue weighted by molar-refractivity contribution is 5.44. The van der Waals surface area contributed by atoms with Gasteiger partial charge in [0.2, 0.25) is 0 Å². The Balaban J connectivity index is 1.87. The zero-order valence-electron chi connectivity index (χ0n) is 10.4. The van der Waals surface area contributed by atoms with Gasteiger partial charge in [0, 0.05) is 37.7 Å². The molecule has 0 spiro atoms. The summed E-state index contributed by atoms with van der Waals surface area (Å²) in [5.74, 6) is 0. The number of nitrogens with zero attached hydrogens (tertiary/aromatic N) is 3. The van der Waals surface area contributed by atoms with E-state index in [4.69, 9.17) is 5.73 Å². The average molecular weight is 234 g/mol. The second-order valence-electron chi connectivity index (χ2n) is 4.53. The summed E-state index contributed by atoms with van der Waals surface area (Å²) >= 11 is 0. The first kappa shape index (κ1) is 12.3. The van der Waals surface area contributed by atoms with E-state index in [0.717, 1.165) is 39.1 Å². The van der Waals surface area contributed by atoms with Crippen molar-refractivity contribution in [2.75, 3.05) is 44.2 Å². The fourth-order valence-electron chi connectivity index (χ4n) is 2.32. The Bertz CT molecular complexity index is 314. The Kier molecular flexibility index (Phi) is 4.76. The van der Waals surface area contributed by atoms with Gasteiger partial charge in [0.05, 0.1) is 0 Å². The molecule has 2 N–H and O–H groups in total. The summed E-state index contributed by atoms with van der Waals surface area (Å²) in [4.78, 5) is 9.04. The van der Waals surface area contributed by atoms with Crippen molar-refractivity contribution in [2.45, 2.75) is 12.8 Å². The minimum Gasteiger partial charge on any atom is -0.370 e. The molecule has 1 aromatic heterocycles. The molecule has 0 aromatic carbocycles. The molecular formula is C13H22N4. The number of hydrogen-bond donors (Lipinski definition) is 1. The third-order valence-electron chi connectivity index (χ3n) is 3.29. The molecule has 1 saturated heterocycles. The smallest absolute Gasteiger partial charge is 0.0397 e. The predicted octanol–water partition coefficient (Wildman–Crippen LogP) is 0.942. The lowest BCUT2D eigenvalue weighted by Crippen LogP contribution is -2.32. The first-order valence-electron chi connectivity index (χ1n) is 6.47. The number of aromatic nitrogens is 1. The van der Waals surface area contributed by atoms with Crippen LogP contribution < -0.4 is 10.6 Å². The molecule has 0 saturated carbocycles. The second kappa shape index (κ2) is 6.57. The summed E-state index contributed by atoms with van der Waals surface area (Å²) < 4.78 is 0. The van der Waals surface area contributed by atoms with Crippen LogP contribution in [0, 0.1) is 0 Å². The van der Waals surface area contributed by atoms with E-state index in [2.05, 4.69) is 26.9 Å². The molecule has 4 nitrogen and oxygen atoms in total. The van der Waals surface area contributed by atoms with Gasteiger partial charge in [0.1, 0.15) is 0 Å². The van der Waals surface area contributed by atoms with E-state index in [0.29, 0.717) is 0 Å². The number of rotatable bonds is 4. The van der Waals surface area contributed by atoms with Crippen LogP contribution in [0.25, 0.3) is 0 Å². The third-order valence-corrected chi connectivity index (χ3v) is 3.29. The van der Waals surface area contributed by atoms with E-state index in [1.165, 1.54) is 18.7 Å². The van der Waals surface area contributed by atoms with Crippen LogP contribution in [0.2, 0.25) is 0 Å². The van der Waals surface area contributed by atoms with Crippen molar-refractivity contribution in [3.63, 3.8) is 0 Å². The van der Waals surface area contributed by atoms with Crippen molar-refractivity contribution in [2.24, 2.45) is 5.73 Å². The van der Waals surface area contributed by atoms with Crippen LogP contribution in [-0.2, 0) is 0 Å². The molecule has 0 radical (unpaired) electrons. The van der Waals surface area contributed by atoms with Crippen LogP contribution in [0.3, 0.4) is 0 Å². The molecule has 1 aliphatic heterocycles. The summed E-state index contributed by atoms with van der Waals surface area (Å²) in [6.07, 6.45) is 6.07. The SMILES string of the molecule is NCCCN1CCCN(c2ccncc2)CC1. The number of anilines is 1. The van der Waals surface area contributed by atoms with Crippen LogP contribution in [0.5, 0.6) is 0 Å². The molecule has 0 amide bonds. The fourth-order valence-corrected chi connectivity index (χ4v) is 2.32. The van der Waals surface area contributed by atoms with Gasteiger partial charge in [0.25, 0.3) is 0 Å². The van der Waals surface area contributed by atoms with Gasteiger partial charge in [0.15, 0.2) is 0 Å². The Morgan fingerprint density at radius 2 is 1.94 bits per heavy atom. The van der Waals surface area contributed by atoms with Gasteiger partial charge in [-0.2, -0.15) is 0 Å². The van der Waals surface area contributed by atoms with E-state index in [1.807, 2.05) is 12.4 Å². The van der Waals surface area contributed by atoms with Gasteiger partial charge in [-0.25, -0.2) is 0 Å². The average Bonchev–Trinajstić information content (AvgIpc) is 2.63. The first-order chi connectivity index (χ1) is 8.40. The number of pyridine rings is 1. The lowest BCUT2D eigenvalue weighted by Gasteiger charge is -2.23. The molecule has 0 unspecified atom stereocenters. The highest BCUT2D eigenvalue weighted by atomic mass is 15.2. The summed E-state index contributed by atoms with van der Waals surface area (Å²) in [7, 11) is 0. The van der Waals surface area contributed by atoms with Crippen LogP contribution in [0.1, 0.15) is 12.8 Å². The number of hydrogen-bond acceptors (Lipinski definition) is 4. The summed E-state index contributed by atoms with van der Waals surface area (Å²) in [5, 5.41) is 0. The standard InChI is InChI=1S/C13H22N4/c14-5-1-8-16-9-2-10-17(12-11-16)13-3-6-15-7-4-13/h3-4,6-7H,1-2,5,8-12,14H2. The Hall–Kier alpha value is -1.13. The van der Waals surface area contributed by atoms with E-state index in [1.54, 1.807) is 0 Å². The third kappa shape index (κ3) is 3.68. The molecular weight excluding hydrogens is 212 g/mol. The van der Waals surface area contributed by atoms with Gasteiger partial charge in [-0.15, -0.1) is 0 Å². The molecule has 4 heteroatoms. The molecule has 1 fully saturated rings. The monoisotopic (exact) mass is 234 g/mol. The Labute approximate surface area is 103 Å². The van der Waals surface area contributed by atoms with Crippen LogP contribution in [0.4, 0.5) is 5.69 Å². The normalized spacial score (nSPS) is 18.1. The summed E-state index contributed by atoms with van der Waals surface area (Å²) in [5.41, 5.74) is 6.85. The van der Waals surface area contributed by atoms with E-state index >= 15 is 0 Å². The van der Waals surface area contributed by atoms with Crippen LogP contribution in [-0.4, -0.2) is 49.2 Å². The van der Waals surface area contributed by atoms with Crippen LogP contribution in [0.15, 0.2) is 24.5 Å². The van der Waals surface area contributed by atoms with Crippen LogP contribution >= 0.6 is 0 Å². The lowest BCUT2D eigenvalue weighted by atomic mass is 10.3. The minimum atomic E-state index is 0.796. The Morgan fingerprint density at radius 1 is 1.12 bits per heavy atom. The van der Waals surface area contributed by atoms with Crippen molar-refractivity contribution < 1.29 is 0 Å². The topological polar surface area (TPSA) is 45.4 Å². The van der Waals surface area contributed by atoms with Gasteiger partial charge in [-0.1, -0.05) is 0 Å². The van der Waals surface area contributed by atoms with E-state index < -0.39 is 0 Å². The van der Waals surface area contributed by atoms with E-state index in [9.17, 15) is 0 Å². The van der Waals surface area contributed by atoms with Gasteiger partial charge in [-0.05, 0) is 44.6 Å². The zero-order chi connectivity index (χ0) is 11.9. The molecule has 0 atom stereocenters. The maximum atomic E-state index is 5.56. The van der Waals surface area contributed by atoms with Gasteiger partial charge >= 0.3 is 0 Å². The van der Waals surface area contributed by atoms with Gasteiger partial charge in [-0.3, -0.25) is 4.98 Å². The molecule has 0 bridgehead atoms. The molecule has 94 valence electrons. The largest absolute Gasteiger partial charge is 0.370 e. The van der Waals surface area contributed by atoms with Crippen molar-refractivity contribution in [3.8, 4) is 0 Å². The molecule has 1 aliphatic rings. The number of nitrogens with two attached hydrogens (primary N) is 1. The molecule has 2 rings (SSSR count). The predicted molar refractivity (Wildman–Crippen MR) is 71.2 cm³/mol. The molecule has 0 aliphatic carbocycles. The lowest BCUT2D eigenvalue weighted by molar-refractivity contribution is 0.291. The molecule has 1 aromatic rings. The van der Waals surface area contributed by atoms with Crippen molar-refractivity contribution in [1.29, 1.82) is 0 Å². The molecule has 17 heavy (non-hydrogen) atoms. The zero-order valence-corrected chi connectivity index (χ0v) is 10.4. The first-order valence-corrected chi connectivity index (χ1v) is 6.47. The summed E-state index contributed by atoms with van der Waals surface area (Å²) in [6, 6.07) is 4.19. The Morgan fingerprint density at radius 3 is 2.71 bits per heavy atom. The molecule has 2 heterocycles. The maximum absolute atomic E-state index is 5.56. The highest BCUT2D eigenvalue weighted by Gasteiger charge is 2.14. The van der Waals surface area contributed by atoms with E-state index in [-0.39, 0.29) is 0 Å². The summed E-state index contributed by atoms with van der Waals surface area (Å²) in [6.45, 7) is 6.52.